The number of hydrogen-bond donors (Lipinski definition) is 4. The van der Waals surface area contributed by atoms with Gasteiger partial charge in [0.25, 0.3) is 5.91 Å². The van der Waals surface area contributed by atoms with Crippen LogP contribution in [0.1, 0.15) is 45.7 Å². The normalized spacial score (nSPS) is 21.8. The molecule has 4 amide bonds. The Bertz CT molecular complexity index is 1080. The van der Waals surface area contributed by atoms with Crippen LogP contribution in [0.4, 0.5) is 0 Å². The number of Topliss-reactive ketones (excluding diaryl/α,β-unsaturated/α-hetero) is 1. The van der Waals surface area contributed by atoms with E-state index in [1.807, 2.05) is 24.4 Å². The van der Waals surface area contributed by atoms with Crippen molar-refractivity contribution in [3.63, 3.8) is 0 Å². The zero-order chi connectivity index (χ0) is 26.9. The molecule has 2 rings (SSSR count). The molecule has 1 aromatic rings. The lowest BCUT2D eigenvalue weighted by molar-refractivity contribution is -0.156. The van der Waals surface area contributed by atoms with E-state index >= 15 is 0 Å². The molecule has 0 aromatic heterocycles. The van der Waals surface area contributed by atoms with Crippen LogP contribution < -0.4 is 16.0 Å². The maximum atomic E-state index is 13.2. The second-order valence-electron chi connectivity index (χ2n) is 8.91. The van der Waals surface area contributed by atoms with Crippen molar-refractivity contribution in [2.24, 2.45) is 11.8 Å². The number of allylic oxidation sites excluding steroid dienone is 5. The maximum Gasteiger partial charge on any atom is 0.267 e. The fourth-order valence-corrected chi connectivity index (χ4v) is 3.76. The molecule has 36 heavy (non-hydrogen) atoms. The molecule has 1 aromatic carbocycles. The molecule has 9 heteroatoms. The lowest BCUT2D eigenvalue weighted by Gasteiger charge is -2.30. The van der Waals surface area contributed by atoms with Gasteiger partial charge in [-0.3, -0.25) is 29.3 Å². The van der Waals surface area contributed by atoms with E-state index in [-0.39, 0.29) is 6.42 Å². The van der Waals surface area contributed by atoms with Crippen molar-refractivity contribution in [1.29, 1.82) is 0 Å². The Labute approximate surface area is 210 Å². The van der Waals surface area contributed by atoms with Crippen LogP contribution in [0, 0.1) is 11.8 Å². The molecule has 0 radical (unpaired) electrons. The van der Waals surface area contributed by atoms with E-state index in [0.717, 1.165) is 0 Å². The van der Waals surface area contributed by atoms with E-state index in [9.17, 15) is 29.1 Å². The fraction of sp³-hybridized carbons (Fsp3) is 0.370. The molecule has 192 valence electrons. The summed E-state index contributed by atoms with van der Waals surface area (Å²) in [7, 11) is 0. The first-order valence-corrected chi connectivity index (χ1v) is 11.7. The minimum atomic E-state index is -2.57. The first kappa shape index (κ1) is 28.4. The van der Waals surface area contributed by atoms with Crippen molar-refractivity contribution in [3.8, 4) is 0 Å². The third-order valence-corrected chi connectivity index (χ3v) is 5.93. The van der Waals surface area contributed by atoms with Gasteiger partial charge in [0.05, 0.1) is 24.4 Å². The molecule has 9 nitrogen and oxygen atoms in total. The summed E-state index contributed by atoms with van der Waals surface area (Å²) < 4.78 is 0. The molecular formula is C27H33N3O6. The minimum absolute atomic E-state index is 0.201. The number of benzene rings is 1. The van der Waals surface area contributed by atoms with Gasteiger partial charge in [-0.2, -0.15) is 0 Å². The Balaban J connectivity index is 2.19. The van der Waals surface area contributed by atoms with Crippen molar-refractivity contribution in [2.75, 3.05) is 0 Å². The Kier molecular flexibility index (Phi) is 10.0. The molecule has 4 atom stereocenters. The van der Waals surface area contributed by atoms with E-state index in [2.05, 4.69) is 10.6 Å². The molecule has 1 aliphatic heterocycles. The molecule has 1 aliphatic rings. The SMILES string of the molecule is CC=CC=CC=CC(=O)N[C@@H](CC(=O)N[C@H](C(=O)[C@@]1(O)C(=O)NC(=O)[C@H]1C)C(C)C)c1ccccc1. The molecule has 0 bridgehead atoms. The van der Waals surface area contributed by atoms with E-state index < -0.39 is 58.9 Å². The van der Waals surface area contributed by atoms with Gasteiger partial charge >= 0.3 is 0 Å². The predicted molar refractivity (Wildman–Crippen MR) is 134 cm³/mol. The van der Waals surface area contributed by atoms with Gasteiger partial charge in [-0.05, 0) is 25.3 Å². The van der Waals surface area contributed by atoms with Crippen LogP contribution in [-0.4, -0.2) is 46.2 Å². The summed E-state index contributed by atoms with van der Waals surface area (Å²) in [5.41, 5.74) is -1.89. The number of amides is 4. The molecule has 0 aliphatic carbocycles. The number of nitrogens with one attached hydrogen (secondary N) is 3. The van der Waals surface area contributed by atoms with E-state index in [1.165, 1.54) is 13.0 Å². The Hall–Kier alpha value is -3.85. The fourth-order valence-electron chi connectivity index (χ4n) is 3.76. The van der Waals surface area contributed by atoms with Gasteiger partial charge in [-0.15, -0.1) is 0 Å². The van der Waals surface area contributed by atoms with Gasteiger partial charge in [0.1, 0.15) is 0 Å². The van der Waals surface area contributed by atoms with Crippen LogP contribution >= 0.6 is 0 Å². The number of carbonyl (C=O) groups is 5. The van der Waals surface area contributed by atoms with Crippen LogP contribution in [0.2, 0.25) is 0 Å². The first-order chi connectivity index (χ1) is 17.0. The second-order valence-corrected chi connectivity index (χ2v) is 8.91. The highest BCUT2D eigenvalue weighted by atomic mass is 16.3. The summed E-state index contributed by atoms with van der Waals surface area (Å²) in [4.78, 5) is 62.7. The zero-order valence-electron chi connectivity index (χ0n) is 20.9. The number of imide groups is 1. The van der Waals surface area contributed by atoms with Crippen LogP contribution in [0.5, 0.6) is 0 Å². The van der Waals surface area contributed by atoms with Crippen molar-refractivity contribution < 1.29 is 29.1 Å². The van der Waals surface area contributed by atoms with Gasteiger partial charge in [0.2, 0.25) is 23.3 Å². The van der Waals surface area contributed by atoms with Crippen LogP contribution in [-0.2, 0) is 24.0 Å². The highest BCUT2D eigenvalue weighted by molar-refractivity contribution is 6.22. The monoisotopic (exact) mass is 495 g/mol. The summed E-state index contributed by atoms with van der Waals surface area (Å²) in [6.45, 7) is 6.44. The summed E-state index contributed by atoms with van der Waals surface area (Å²) in [5, 5.41) is 18.1. The minimum Gasteiger partial charge on any atom is -0.372 e. The lowest BCUT2D eigenvalue weighted by Crippen LogP contribution is -2.59. The van der Waals surface area contributed by atoms with Crippen LogP contribution in [0.15, 0.2) is 66.8 Å². The Morgan fingerprint density at radius 1 is 1.06 bits per heavy atom. The largest absolute Gasteiger partial charge is 0.372 e. The van der Waals surface area contributed by atoms with E-state index in [4.69, 9.17) is 0 Å². The van der Waals surface area contributed by atoms with Gasteiger partial charge in [0.15, 0.2) is 5.78 Å². The van der Waals surface area contributed by atoms with Crippen molar-refractivity contribution >= 4 is 29.4 Å². The summed E-state index contributed by atoms with van der Waals surface area (Å²) in [5.74, 6) is -5.59. The second kappa shape index (κ2) is 12.7. The molecule has 0 saturated carbocycles. The number of aliphatic hydroxyl groups is 1. The average Bonchev–Trinajstić information content (AvgIpc) is 3.04. The molecule has 1 saturated heterocycles. The van der Waals surface area contributed by atoms with E-state index in [0.29, 0.717) is 5.56 Å². The highest BCUT2D eigenvalue weighted by Gasteiger charge is 2.59. The standard InChI is InChI=1S/C27H33N3O6/c1-5-6-7-8-12-15-21(31)28-20(19-13-10-9-11-14-19)16-22(32)29-23(17(2)3)24(33)27(36)18(4)25(34)30-26(27)35/h5-15,17-18,20,23,36H,16H2,1-4H3,(H,28,31)(H,29,32)(H,30,34,35)/t18-,20+,23+,27-/m1/s1. The quantitative estimate of drug-likeness (QED) is 0.159. The lowest BCUT2D eigenvalue weighted by atomic mass is 9.80. The van der Waals surface area contributed by atoms with Gasteiger partial charge in [0, 0.05) is 6.08 Å². The Morgan fingerprint density at radius 2 is 1.69 bits per heavy atom. The zero-order valence-corrected chi connectivity index (χ0v) is 20.9. The van der Waals surface area contributed by atoms with Gasteiger partial charge < -0.3 is 15.7 Å². The summed E-state index contributed by atoms with van der Waals surface area (Å²) in [6, 6.07) is 6.94. The number of carbonyl (C=O) groups excluding carboxylic acids is 5. The molecule has 1 fully saturated rings. The highest BCUT2D eigenvalue weighted by Crippen LogP contribution is 2.28. The molecule has 0 spiro atoms. The van der Waals surface area contributed by atoms with Crippen molar-refractivity contribution in [3.05, 3.63) is 72.4 Å². The number of rotatable bonds is 11. The molecular weight excluding hydrogens is 462 g/mol. The average molecular weight is 496 g/mol. The third kappa shape index (κ3) is 6.85. The maximum absolute atomic E-state index is 13.2. The van der Waals surface area contributed by atoms with Crippen LogP contribution in [0.25, 0.3) is 0 Å². The van der Waals surface area contributed by atoms with Crippen molar-refractivity contribution in [1.82, 2.24) is 16.0 Å². The van der Waals surface area contributed by atoms with Crippen LogP contribution in [0.3, 0.4) is 0 Å². The molecule has 4 N–H and O–H groups in total. The summed E-state index contributed by atoms with van der Waals surface area (Å²) >= 11 is 0. The summed E-state index contributed by atoms with van der Waals surface area (Å²) in [6.07, 6.45) is 9.82. The first-order valence-electron chi connectivity index (χ1n) is 11.7. The van der Waals surface area contributed by atoms with Gasteiger partial charge in [-0.1, -0.05) is 74.6 Å². The smallest absolute Gasteiger partial charge is 0.267 e. The third-order valence-electron chi connectivity index (χ3n) is 5.93. The van der Waals surface area contributed by atoms with E-state index in [1.54, 1.807) is 62.4 Å². The van der Waals surface area contributed by atoms with Crippen molar-refractivity contribution in [2.45, 2.75) is 51.8 Å². The topological polar surface area (TPSA) is 142 Å². The number of ketones is 1. The predicted octanol–water partition coefficient (Wildman–Crippen LogP) is 1.66. The number of hydrogen-bond acceptors (Lipinski definition) is 6. The van der Waals surface area contributed by atoms with Gasteiger partial charge in [-0.25, -0.2) is 0 Å². The Morgan fingerprint density at radius 3 is 2.25 bits per heavy atom. The molecule has 1 heterocycles. The molecule has 0 unspecified atom stereocenters.